The van der Waals surface area contributed by atoms with Crippen LogP contribution in [0.25, 0.3) is 0 Å². The number of rotatable bonds is 7. The fourth-order valence-corrected chi connectivity index (χ4v) is 1.82. The first kappa shape index (κ1) is 14.7. The minimum absolute atomic E-state index is 0.232. The van der Waals surface area contributed by atoms with Crippen LogP contribution in [-0.2, 0) is 4.74 Å². The lowest BCUT2D eigenvalue weighted by atomic mass is 10.0. The number of hydrogen-bond acceptors (Lipinski definition) is 8. The second-order valence-electron chi connectivity index (χ2n) is 4.78. The lowest BCUT2D eigenvalue weighted by Gasteiger charge is -2.20. The van der Waals surface area contributed by atoms with Crippen LogP contribution in [0.2, 0.25) is 0 Å². The predicted molar refractivity (Wildman–Crippen MR) is 74.0 cm³/mol. The highest BCUT2D eigenvalue weighted by Gasteiger charge is 2.32. The van der Waals surface area contributed by atoms with Gasteiger partial charge in [-0.15, -0.1) is 0 Å². The molecule has 8 heteroatoms. The third-order valence-electron chi connectivity index (χ3n) is 2.99. The Balaban J connectivity index is 2.01. The summed E-state index contributed by atoms with van der Waals surface area (Å²) in [6.45, 7) is 4.04. The van der Waals surface area contributed by atoms with Crippen LogP contribution in [0, 0.1) is 0 Å². The van der Waals surface area contributed by atoms with Crippen LogP contribution in [0.4, 0.5) is 11.9 Å². The summed E-state index contributed by atoms with van der Waals surface area (Å²) < 4.78 is 10.2. The third-order valence-corrected chi connectivity index (χ3v) is 2.99. The van der Waals surface area contributed by atoms with E-state index in [9.17, 15) is 5.11 Å². The number of ether oxygens (including phenoxy) is 2. The highest BCUT2D eigenvalue weighted by molar-refractivity contribution is 5.36. The van der Waals surface area contributed by atoms with Crippen molar-refractivity contribution in [1.82, 2.24) is 15.0 Å². The average Bonchev–Trinajstić information content (AvgIpc) is 2.90. The number of aliphatic hydroxyl groups is 1. The van der Waals surface area contributed by atoms with Crippen LogP contribution in [-0.4, -0.2) is 59.1 Å². The van der Waals surface area contributed by atoms with E-state index in [4.69, 9.17) is 9.47 Å². The Morgan fingerprint density at radius 3 is 2.65 bits per heavy atom. The zero-order chi connectivity index (χ0) is 14.4. The maximum atomic E-state index is 10.2. The van der Waals surface area contributed by atoms with Gasteiger partial charge in [-0.25, -0.2) is 0 Å². The van der Waals surface area contributed by atoms with E-state index in [-0.39, 0.29) is 6.01 Å². The van der Waals surface area contributed by atoms with Crippen molar-refractivity contribution in [2.45, 2.75) is 25.4 Å². The molecule has 0 bridgehead atoms. The van der Waals surface area contributed by atoms with Gasteiger partial charge in [0.25, 0.3) is 0 Å². The standard InChI is InChI=1S/C12H21N5O3/c1-3-5-13-9-15-10(17-11(16-9)19-2)14-7-12(18)4-6-20-8-12/h18H,3-8H2,1-2H3,(H2,13,14,15,16,17). The van der Waals surface area contributed by atoms with Gasteiger partial charge >= 0.3 is 6.01 Å². The number of anilines is 2. The molecule has 0 spiro atoms. The largest absolute Gasteiger partial charge is 0.467 e. The van der Waals surface area contributed by atoms with Gasteiger partial charge in [-0.1, -0.05) is 6.92 Å². The molecule has 1 saturated heterocycles. The van der Waals surface area contributed by atoms with Crippen molar-refractivity contribution >= 4 is 11.9 Å². The lowest BCUT2D eigenvalue weighted by Crippen LogP contribution is -2.37. The number of aromatic nitrogens is 3. The quantitative estimate of drug-likeness (QED) is 0.655. The Kier molecular flexibility index (Phi) is 4.91. The number of hydrogen-bond donors (Lipinski definition) is 3. The molecule has 1 aliphatic rings. The van der Waals surface area contributed by atoms with E-state index in [2.05, 4.69) is 32.5 Å². The van der Waals surface area contributed by atoms with Gasteiger partial charge < -0.3 is 25.2 Å². The molecule has 0 saturated carbocycles. The fourth-order valence-electron chi connectivity index (χ4n) is 1.82. The molecule has 1 aliphatic heterocycles. The van der Waals surface area contributed by atoms with E-state index in [0.717, 1.165) is 13.0 Å². The maximum absolute atomic E-state index is 10.2. The Bertz CT molecular complexity index is 437. The normalized spacial score (nSPS) is 21.8. The molecule has 2 rings (SSSR count). The van der Waals surface area contributed by atoms with Crippen LogP contribution in [0.5, 0.6) is 6.01 Å². The molecule has 0 aliphatic carbocycles. The summed E-state index contributed by atoms with van der Waals surface area (Å²) in [6, 6.07) is 0.232. The molecule has 8 nitrogen and oxygen atoms in total. The summed E-state index contributed by atoms with van der Waals surface area (Å²) in [5.74, 6) is 0.826. The highest BCUT2D eigenvalue weighted by Crippen LogP contribution is 2.19. The van der Waals surface area contributed by atoms with Gasteiger partial charge in [0.05, 0.1) is 13.7 Å². The summed E-state index contributed by atoms with van der Waals surface area (Å²) in [5.41, 5.74) is -0.864. The van der Waals surface area contributed by atoms with Gasteiger partial charge in [0.2, 0.25) is 11.9 Å². The zero-order valence-corrected chi connectivity index (χ0v) is 11.8. The predicted octanol–water partition coefficient (Wildman–Crippen LogP) is 0.265. The molecule has 20 heavy (non-hydrogen) atoms. The number of methoxy groups -OCH3 is 1. The molecule has 3 N–H and O–H groups in total. The summed E-state index contributed by atoms with van der Waals surface area (Å²) in [7, 11) is 1.50. The number of nitrogens with zero attached hydrogens (tertiary/aromatic N) is 3. The van der Waals surface area contributed by atoms with Crippen molar-refractivity contribution in [3.8, 4) is 6.01 Å². The monoisotopic (exact) mass is 283 g/mol. The highest BCUT2D eigenvalue weighted by atomic mass is 16.5. The van der Waals surface area contributed by atoms with E-state index in [1.54, 1.807) is 0 Å². The van der Waals surface area contributed by atoms with Gasteiger partial charge in [-0.05, 0) is 6.42 Å². The fraction of sp³-hybridized carbons (Fsp3) is 0.750. The summed E-state index contributed by atoms with van der Waals surface area (Å²) in [5, 5.41) is 16.3. The Hall–Kier alpha value is -1.67. The first-order valence-electron chi connectivity index (χ1n) is 6.73. The molecular weight excluding hydrogens is 262 g/mol. The summed E-state index contributed by atoms with van der Waals surface area (Å²) in [6.07, 6.45) is 1.57. The lowest BCUT2D eigenvalue weighted by molar-refractivity contribution is 0.0380. The molecule has 1 unspecified atom stereocenters. The minimum Gasteiger partial charge on any atom is -0.467 e. The van der Waals surface area contributed by atoms with Crippen molar-refractivity contribution in [2.75, 3.05) is 44.0 Å². The van der Waals surface area contributed by atoms with Crippen molar-refractivity contribution in [2.24, 2.45) is 0 Å². The second kappa shape index (κ2) is 6.67. The van der Waals surface area contributed by atoms with Crippen LogP contribution in [0.15, 0.2) is 0 Å². The van der Waals surface area contributed by atoms with Crippen LogP contribution < -0.4 is 15.4 Å². The topological polar surface area (TPSA) is 101 Å². The molecular formula is C12H21N5O3. The zero-order valence-electron chi connectivity index (χ0n) is 11.8. The van der Waals surface area contributed by atoms with Gasteiger partial charge in [0.1, 0.15) is 5.60 Å². The van der Waals surface area contributed by atoms with E-state index < -0.39 is 5.60 Å². The summed E-state index contributed by atoms with van der Waals surface area (Å²) >= 11 is 0. The van der Waals surface area contributed by atoms with E-state index in [1.807, 2.05) is 0 Å². The minimum atomic E-state index is -0.864. The molecule has 0 aromatic carbocycles. The SMILES string of the molecule is CCCNc1nc(NCC2(O)CCOC2)nc(OC)n1. The summed E-state index contributed by atoms with van der Waals surface area (Å²) in [4.78, 5) is 12.4. The smallest absolute Gasteiger partial charge is 0.322 e. The van der Waals surface area contributed by atoms with Gasteiger partial charge in [-0.3, -0.25) is 0 Å². The van der Waals surface area contributed by atoms with Gasteiger partial charge in [0.15, 0.2) is 0 Å². The van der Waals surface area contributed by atoms with Gasteiger partial charge in [0, 0.05) is 26.1 Å². The molecule has 2 heterocycles. The van der Waals surface area contributed by atoms with Crippen molar-refractivity contribution in [3.05, 3.63) is 0 Å². The third kappa shape index (κ3) is 3.91. The Morgan fingerprint density at radius 1 is 1.30 bits per heavy atom. The van der Waals surface area contributed by atoms with Crippen molar-refractivity contribution < 1.29 is 14.6 Å². The molecule has 0 radical (unpaired) electrons. The van der Waals surface area contributed by atoms with E-state index in [1.165, 1.54) is 7.11 Å². The average molecular weight is 283 g/mol. The molecule has 1 aromatic heterocycles. The molecule has 1 atom stereocenters. The first-order valence-corrected chi connectivity index (χ1v) is 6.73. The Morgan fingerprint density at radius 2 is 2.05 bits per heavy atom. The second-order valence-corrected chi connectivity index (χ2v) is 4.78. The van der Waals surface area contributed by atoms with Crippen LogP contribution in [0.3, 0.4) is 0 Å². The molecule has 0 amide bonds. The van der Waals surface area contributed by atoms with E-state index in [0.29, 0.717) is 38.1 Å². The Labute approximate surface area is 117 Å². The van der Waals surface area contributed by atoms with Crippen LogP contribution >= 0.6 is 0 Å². The molecule has 1 aromatic rings. The maximum Gasteiger partial charge on any atom is 0.322 e. The molecule has 1 fully saturated rings. The first-order chi connectivity index (χ1) is 9.65. The van der Waals surface area contributed by atoms with Gasteiger partial charge in [-0.2, -0.15) is 15.0 Å². The molecule has 112 valence electrons. The van der Waals surface area contributed by atoms with Crippen molar-refractivity contribution in [3.63, 3.8) is 0 Å². The van der Waals surface area contributed by atoms with E-state index >= 15 is 0 Å². The number of nitrogens with one attached hydrogen (secondary N) is 2. The van der Waals surface area contributed by atoms with Crippen LogP contribution in [0.1, 0.15) is 19.8 Å². The van der Waals surface area contributed by atoms with Crippen molar-refractivity contribution in [1.29, 1.82) is 0 Å².